The van der Waals surface area contributed by atoms with Gasteiger partial charge in [-0.1, -0.05) is 18.2 Å². The first-order valence-corrected chi connectivity index (χ1v) is 13.4. The van der Waals surface area contributed by atoms with E-state index in [-0.39, 0.29) is 18.1 Å². The number of imidazole rings is 1. The third-order valence-corrected chi connectivity index (χ3v) is 7.28. The second-order valence-electron chi connectivity index (χ2n) is 10.5. The summed E-state index contributed by atoms with van der Waals surface area (Å²) in [5.74, 6) is 0.867. The summed E-state index contributed by atoms with van der Waals surface area (Å²) in [5, 5.41) is 11.5. The maximum Gasteiger partial charge on any atom is 0.259 e. The van der Waals surface area contributed by atoms with Crippen molar-refractivity contribution in [3.8, 4) is 17.3 Å². The molecule has 1 fully saturated rings. The largest absolute Gasteiger partial charge is 0.496 e. The highest BCUT2D eigenvalue weighted by Crippen LogP contribution is 2.34. The van der Waals surface area contributed by atoms with E-state index in [2.05, 4.69) is 63.4 Å². The predicted molar refractivity (Wildman–Crippen MR) is 157 cm³/mol. The highest BCUT2D eigenvalue weighted by molar-refractivity contribution is 6.12. The van der Waals surface area contributed by atoms with Gasteiger partial charge in [0, 0.05) is 24.8 Å². The van der Waals surface area contributed by atoms with Crippen molar-refractivity contribution < 1.29 is 14.3 Å². The lowest BCUT2D eigenvalue weighted by Crippen LogP contribution is -2.51. The summed E-state index contributed by atoms with van der Waals surface area (Å²) in [5.41, 5.74) is 5.40. The molecule has 6 rings (SSSR count). The molecule has 2 atom stereocenters. The van der Waals surface area contributed by atoms with Crippen LogP contribution in [0.1, 0.15) is 17.3 Å². The molecule has 0 spiro atoms. The van der Waals surface area contributed by atoms with Crippen LogP contribution in [-0.4, -0.2) is 84.0 Å². The Kier molecular flexibility index (Phi) is 6.87. The topological polar surface area (TPSA) is 111 Å². The number of likely N-dealkylation sites (N-methyl/N-ethyl adjacent to an activating group) is 1. The molecule has 40 heavy (non-hydrogen) atoms. The molecule has 5 aromatic rings. The van der Waals surface area contributed by atoms with Gasteiger partial charge >= 0.3 is 0 Å². The molecule has 1 amide bonds. The number of methoxy groups -OCH3 is 1. The van der Waals surface area contributed by atoms with Crippen molar-refractivity contribution in [2.24, 2.45) is 0 Å². The number of amides is 1. The zero-order valence-corrected chi connectivity index (χ0v) is 23.1. The number of carbonyl (C=O) groups is 1. The van der Waals surface area contributed by atoms with Gasteiger partial charge < -0.3 is 29.6 Å². The van der Waals surface area contributed by atoms with E-state index in [1.54, 1.807) is 19.2 Å². The van der Waals surface area contributed by atoms with Crippen molar-refractivity contribution in [3.63, 3.8) is 0 Å². The highest BCUT2D eigenvalue weighted by Gasteiger charge is 2.27. The van der Waals surface area contributed by atoms with Gasteiger partial charge in [-0.25, -0.2) is 4.98 Å². The number of rotatable bonds is 7. The number of hydrogen-bond donors (Lipinski definition) is 3. The van der Waals surface area contributed by atoms with E-state index in [4.69, 9.17) is 14.5 Å². The third-order valence-electron chi connectivity index (χ3n) is 7.28. The number of hydrogen-bond acceptors (Lipinski definition) is 7. The Morgan fingerprint density at radius 1 is 1.15 bits per heavy atom. The number of nitrogens with zero attached hydrogens (tertiary/aromatic N) is 4. The van der Waals surface area contributed by atoms with Crippen LogP contribution in [0.4, 0.5) is 11.4 Å². The van der Waals surface area contributed by atoms with Crippen LogP contribution < -0.4 is 15.0 Å². The van der Waals surface area contributed by atoms with E-state index in [1.807, 2.05) is 36.4 Å². The second-order valence-corrected chi connectivity index (χ2v) is 10.5. The molecule has 0 aliphatic carbocycles. The smallest absolute Gasteiger partial charge is 0.259 e. The summed E-state index contributed by atoms with van der Waals surface area (Å²) < 4.78 is 11.4. The summed E-state index contributed by atoms with van der Waals surface area (Å²) in [4.78, 5) is 26.1. The normalized spacial score (nSPS) is 17.6. The minimum absolute atomic E-state index is 0.152. The average molecular weight is 540 g/mol. The van der Waals surface area contributed by atoms with Crippen molar-refractivity contribution in [2.45, 2.75) is 19.1 Å². The highest BCUT2D eigenvalue weighted by atomic mass is 16.5. The van der Waals surface area contributed by atoms with Gasteiger partial charge in [0.05, 0.1) is 53.0 Å². The molecule has 1 aliphatic rings. The molecular formula is C30H33N7O3. The van der Waals surface area contributed by atoms with Gasteiger partial charge in [0.25, 0.3) is 5.91 Å². The zero-order chi connectivity index (χ0) is 27.8. The number of benzene rings is 3. The van der Waals surface area contributed by atoms with Gasteiger partial charge in [-0.15, -0.1) is 0 Å². The number of aromatic amines is 2. The first-order valence-electron chi connectivity index (χ1n) is 13.4. The molecule has 0 bridgehead atoms. The summed E-state index contributed by atoms with van der Waals surface area (Å²) >= 11 is 0. The molecular weight excluding hydrogens is 506 g/mol. The first kappa shape index (κ1) is 25.8. The van der Waals surface area contributed by atoms with Crippen LogP contribution in [0, 0.1) is 0 Å². The molecule has 10 nitrogen and oxygen atoms in total. The molecule has 1 aliphatic heterocycles. The van der Waals surface area contributed by atoms with Gasteiger partial charge in [0.15, 0.2) is 5.82 Å². The lowest BCUT2D eigenvalue weighted by molar-refractivity contribution is 0.00880. The summed E-state index contributed by atoms with van der Waals surface area (Å²) in [7, 11) is 5.69. The molecule has 3 N–H and O–H groups in total. The number of carbonyl (C=O) groups excluding carboxylic acids is 1. The van der Waals surface area contributed by atoms with Crippen molar-refractivity contribution in [2.75, 3.05) is 51.1 Å². The number of H-pyrrole nitrogens is 2. The van der Waals surface area contributed by atoms with Crippen LogP contribution >= 0.6 is 0 Å². The van der Waals surface area contributed by atoms with Crippen LogP contribution in [0.25, 0.3) is 33.5 Å². The van der Waals surface area contributed by atoms with E-state index in [0.717, 1.165) is 40.7 Å². The van der Waals surface area contributed by atoms with E-state index >= 15 is 0 Å². The number of para-hydroxylation sites is 1. The Labute approximate surface area is 232 Å². The Bertz CT molecular complexity index is 1670. The predicted octanol–water partition coefficient (Wildman–Crippen LogP) is 4.52. The number of aromatic nitrogens is 4. The number of ether oxygens (including phenoxy) is 2. The van der Waals surface area contributed by atoms with Crippen LogP contribution in [0.15, 0.2) is 60.7 Å². The lowest BCUT2D eigenvalue weighted by Gasteiger charge is -2.40. The van der Waals surface area contributed by atoms with Gasteiger partial charge in [0.2, 0.25) is 0 Å². The number of morpholine rings is 1. The number of fused-ring (bicyclic) bond motifs is 2. The molecule has 2 unspecified atom stereocenters. The Hall–Kier alpha value is -4.41. The monoisotopic (exact) mass is 539 g/mol. The van der Waals surface area contributed by atoms with Crippen LogP contribution in [-0.2, 0) is 4.74 Å². The Balaban J connectivity index is 1.33. The van der Waals surface area contributed by atoms with E-state index in [0.29, 0.717) is 35.1 Å². The summed E-state index contributed by atoms with van der Waals surface area (Å²) in [6, 6.07) is 19.4. The third kappa shape index (κ3) is 4.87. The number of nitrogens with one attached hydrogen (secondary N) is 3. The molecule has 10 heteroatoms. The standard InChI is InChI=1S/C30H33N7O3/c1-18-17-40-20(15-36(2)3)16-37(18)19-12-13-22-25(14-19)32-29(31-22)28-27-23(9-7-10-24(27)34-35-28)33-30(38)21-8-5-6-11-26(21)39-4/h5-14,18,20H,15-17H2,1-4H3,(H,31,32)(H,33,38)(H,34,35). The molecule has 0 radical (unpaired) electrons. The lowest BCUT2D eigenvalue weighted by atomic mass is 10.1. The molecule has 3 aromatic carbocycles. The van der Waals surface area contributed by atoms with E-state index in [9.17, 15) is 4.79 Å². The molecule has 206 valence electrons. The summed E-state index contributed by atoms with van der Waals surface area (Å²) in [6.07, 6.45) is 0.152. The molecule has 1 saturated heterocycles. The first-order chi connectivity index (χ1) is 19.4. The maximum absolute atomic E-state index is 13.2. The summed E-state index contributed by atoms with van der Waals surface area (Å²) in [6.45, 7) is 4.57. The number of anilines is 2. The van der Waals surface area contributed by atoms with Crippen molar-refractivity contribution >= 4 is 39.2 Å². The minimum atomic E-state index is -0.265. The van der Waals surface area contributed by atoms with Gasteiger partial charge in [-0.2, -0.15) is 5.10 Å². The van der Waals surface area contributed by atoms with Gasteiger partial charge in [0.1, 0.15) is 11.4 Å². The van der Waals surface area contributed by atoms with Crippen LogP contribution in [0.3, 0.4) is 0 Å². The second kappa shape index (κ2) is 10.6. The quantitative estimate of drug-likeness (QED) is 0.279. The van der Waals surface area contributed by atoms with Crippen molar-refractivity contribution in [3.05, 3.63) is 66.2 Å². The van der Waals surface area contributed by atoms with Gasteiger partial charge in [-0.05, 0) is 63.5 Å². The van der Waals surface area contributed by atoms with Gasteiger partial charge in [-0.3, -0.25) is 9.89 Å². The fraction of sp³-hybridized carbons (Fsp3) is 0.300. The van der Waals surface area contributed by atoms with Crippen molar-refractivity contribution in [1.82, 2.24) is 25.1 Å². The van der Waals surface area contributed by atoms with E-state index < -0.39 is 0 Å². The fourth-order valence-corrected chi connectivity index (χ4v) is 5.35. The minimum Gasteiger partial charge on any atom is -0.496 e. The van der Waals surface area contributed by atoms with Crippen molar-refractivity contribution in [1.29, 1.82) is 0 Å². The van der Waals surface area contributed by atoms with E-state index in [1.165, 1.54) is 0 Å². The van der Waals surface area contributed by atoms with Crippen LogP contribution in [0.5, 0.6) is 5.75 Å². The maximum atomic E-state index is 13.2. The SMILES string of the molecule is COc1ccccc1C(=O)Nc1cccc2[nH]nc(-c3nc4ccc(N5CC(CN(C)C)OCC5C)cc4[nH]3)c12. The van der Waals surface area contributed by atoms with Crippen LogP contribution in [0.2, 0.25) is 0 Å². The molecule has 0 saturated carbocycles. The molecule has 2 aromatic heterocycles. The molecule has 3 heterocycles. The Morgan fingerprint density at radius 2 is 2.00 bits per heavy atom. The zero-order valence-electron chi connectivity index (χ0n) is 23.1. The average Bonchev–Trinajstić information content (AvgIpc) is 3.58. The fourth-order valence-electron chi connectivity index (χ4n) is 5.35. The Morgan fingerprint density at radius 3 is 2.83 bits per heavy atom.